The summed E-state index contributed by atoms with van der Waals surface area (Å²) in [5.74, 6) is 2.60. The number of piperazine rings is 1. The molecule has 0 radical (unpaired) electrons. The zero-order valence-electron chi connectivity index (χ0n) is 15.3. The molecule has 0 unspecified atom stereocenters. The van der Waals surface area contributed by atoms with Crippen molar-refractivity contribution in [2.75, 3.05) is 40.4 Å². The SMILES string of the molecule is COc1cc(C)cc(OC)c1[C@H](CCC(C)C)N1CCNCC1. The van der Waals surface area contributed by atoms with E-state index in [1.807, 2.05) is 0 Å². The second-order valence-electron chi connectivity index (χ2n) is 6.86. The van der Waals surface area contributed by atoms with Gasteiger partial charge in [0.25, 0.3) is 0 Å². The first kappa shape index (κ1) is 18.1. The summed E-state index contributed by atoms with van der Waals surface area (Å²) in [4.78, 5) is 2.58. The van der Waals surface area contributed by atoms with Gasteiger partial charge in [0.05, 0.1) is 19.8 Å². The Morgan fingerprint density at radius 2 is 1.61 bits per heavy atom. The highest BCUT2D eigenvalue weighted by atomic mass is 16.5. The van der Waals surface area contributed by atoms with Gasteiger partial charge < -0.3 is 14.8 Å². The Labute approximate surface area is 141 Å². The molecule has 1 aromatic rings. The van der Waals surface area contributed by atoms with Crippen molar-refractivity contribution in [1.82, 2.24) is 10.2 Å². The lowest BCUT2D eigenvalue weighted by Gasteiger charge is -2.37. The van der Waals surface area contributed by atoms with Crippen LogP contribution in [0.1, 0.15) is 43.9 Å². The molecule has 0 spiro atoms. The minimum atomic E-state index is 0.352. The summed E-state index contributed by atoms with van der Waals surface area (Å²) in [5, 5.41) is 3.45. The Bertz CT molecular complexity index is 471. The summed E-state index contributed by atoms with van der Waals surface area (Å²) in [6, 6.07) is 4.61. The second kappa shape index (κ2) is 8.55. The molecule has 1 fully saturated rings. The van der Waals surface area contributed by atoms with Crippen LogP contribution < -0.4 is 14.8 Å². The Balaban J connectivity index is 2.40. The Hall–Kier alpha value is -1.26. The molecule has 4 nitrogen and oxygen atoms in total. The minimum absolute atomic E-state index is 0.352. The number of hydrogen-bond donors (Lipinski definition) is 1. The number of nitrogens with zero attached hydrogens (tertiary/aromatic N) is 1. The number of nitrogens with one attached hydrogen (secondary N) is 1. The van der Waals surface area contributed by atoms with Crippen LogP contribution in [0.15, 0.2) is 12.1 Å². The molecular formula is C19H32N2O2. The van der Waals surface area contributed by atoms with E-state index in [1.54, 1.807) is 14.2 Å². The standard InChI is InChI=1S/C19H32N2O2/c1-14(2)6-7-16(21-10-8-20-9-11-21)19-17(22-4)12-15(3)13-18(19)23-5/h12-14,16,20H,6-11H2,1-5H3/t16-/m0/s1. The lowest BCUT2D eigenvalue weighted by molar-refractivity contribution is 0.154. The van der Waals surface area contributed by atoms with Gasteiger partial charge in [-0.1, -0.05) is 13.8 Å². The first-order chi connectivity index (χ1) is 11.1. The van der Waals surface area contributed by atoms with Gasteiger partial charge in [-0.15, -0.1) is 0 Å². The lowest BCUT2D eigenvalue weighted by Crippen LogP contribution is -2.45. The number of aryl methyl sites for hydroxylation is 1. The second-order valence-corrected chi connectivity index (χ2v) is 6.86. The predicted octanol–water partition coefficient (Wildman–Crippen LogP) is 3.39. The van der Waals surface area contributed by atoms with Crippen LogP contribution in [0.4, 0.5) is 0 Å². The van der Waals surface area contributed by atoms with Gasteiger partial charge in [0.15, 0.2) is 0 Å². The lowest BCUT2D eigenvalue weighted by atomic mass is 9.93. The number of hydrogen-bond acceptors (Lipinski definition) is 4. The zero-order valence-corrected chi connectivity index (χ0v) is 15.3. The van der Waals surface area contributed by atoms with Crippen molar-refractivity contribution < 1.29 is 9.47 Å². The number of rotatable bonds is 7. The van der Waals surface area contributed by atoms with Gasteiger partial charge >= 0.3 is 0 Å². The molecule has 0 aromatic heterocycles. The van der Waals surface area contributed by atoms with Crippen molar-refractivity contribution in [3.8, 4) is 11.5 Å². The van der Waals surface area contributed by atoms with Crippen LogP contribution in [0.25, 0.3) is 0 Å². The molecule has 1 aromatic carbocycles. The van der Waals surface area contributed by atoms with E-state index in [2.05, 4.69) is 43.1 Å². The van der Waals surface area contributed by atoms with Crippen LogP contribution in [-0.4, -0.2) is 45.3 Å². The summed E-state index contributed by atoms with van der Waals surface area (Å²) in [6.45, 7) is 10.9. The van der Waals surface area contributed by atoms with E-state index in [9.17, 15) is 0 Å². The molecule has 1 heterocycles. The van der Waals surface area contributed by atoms with E-state index in [-0.39, 0.29) is 0 Å². The first-order valence-corrected chi connectivity index (χ1v) is 8.74. The molecule has 1 aliphatic rings. The normalized spacial score (nSPS) is 17.3. The van der Waals surface area contributed by atoms with Crippen molar-refractivity contribution in [3.05, 3.63) is 23.3 Å². The molecule has 0 amide bonds. The van der Waals surface area contributed by atoms with Crippen LogP contribution in [0.5, 0.6) is 11.5 Å². The Morgan fingerprint density at radius 3 is 2.09 bits per heavy atom. The van der Waals surface area contributed by atoms with Crippen LogP contribution >= 0.6 is 0 Å². The largest absolute Gasteiger partial charge is 0.496 e. The van der Waals surface area contributed by atoms with Crippen molar-refractivity contribution in [2.45, 2.75) is 39.7 Å². The number of ether oxygens (including phenoxy) is 2. The summed E-state index contributed by atoms with van der Waals surface area (Å²) in [5.41, 5.74) is 2.38. The fourth-order valence-electron chi connectivity index (χ4n) is 3.39. The topological polar surface area (TPSA) is 33.7 Å². The summed E-state index contributed by atoms with van der Waals surface area (Å²) >= 11 is 0. The van der Waals surface area contributed by atoms with Crippen molar-refractivity contribution in [2.24, 2.45) is 5.92 Å². The van der Waals surface area contributed by atoms with E-state index < -0.39 is 0 Å². The van der Waals surface area contributed by atoms with E-state index in [4.69, 9.17) is 9.47 Å². The highest BCUT2D eigenvalue weighted by Gasteiger charge is 2.28. The van der Waals surface area contributed by atoms with Crippen LogP contribution in [0.3, 0.4) is 0 Å². The molecule has 2 rings (SSSR count). The third-order valence-electron chi connectivity index (χ3n) is 4.63. The van der Waals surface area contributed by atoms with Gasteiger partial charge in [0, 0.05) is 32.2 Å². The van der Waals surface area contributed by atoms with Crippen molar-refractivity contribution >= 4 is 0 Å². The maximum Gasteiger partial charge on any atom is 0.127 e. The Morgan fingerprint density at radius 1 is 1.04 bits per heavy atom. The van der Waals surface area contributed by atoms with Gasteiger partial charge in [-0.2, -0.15) is 0 Å². The Kier molecular flexibility index (Phi) is 6.72. The molecule has 0 aliphatic carbocycles. The van der Waals surface area contributed by atoms with Gasteiger partial charge in [0.1, 0.15) is 11.5 Å². The van der Waals surface area contributed by atoms with Crippen molar-refractivity contribution in [3.63, 3.8) is 0 Å². The third kappa shape index (κ3) is 4.61. The number of methoxy groups -OCH3 is 2. The fourth-order valence-corrected chi connectivity index (χ4v) is 3.39. The van der Waals surface area contributed by atoms with Crippen molar-refractivity contribution in [1.29, 1.82) is 0 Å². The van der Waals surface area contributed by atoms with E-state index in [1.165, 1.54) is 17.5 Å². The van der Waals surface area contributed by atoms with Crippen LogP contribution in [0.2, 0.25) is 0 Å². The summed E-state index contributed by atoms with van der Waals surface area (Å²) < 4.78 is 11.4. The molecule has 23 heavy (non-hydrogen) atoms. The summed E-state index contributed by atoms with van der Waals surface area (Å²) in [6.07, 6.45) is 2.34. The molecule has 130 valence electrons. The zero-order chi connectivity index (χ0) is 16.8. The maximum absolute atomic E-state index is 5.72. The van der Waals surface area contributed by atoms with Gasteiger partial charge in [-0.3, -0.25) is 4.90 Å². The summed E-state index contributed by atoms with van der Waals surface area (Å²) in [7, 11) is 3.52. The molecule has 1 atom stereocenters. The highest BCUT2D eigenvalue weighted by Crippen LogP contribution is 2.41. The average molecular weight is 320 g/mol. The molecule has 1 saturated heterocycles. The van der Waals surface area contributed by atoms with Crippen LogP contribution in [0, 0.1) is 12.8 Å². The smallest absolute Gasteiger partial charge is 0.127 e. The van der Waals surface area contributed by atoms with E-state index in [0.717, 1.165) is 44.1 Å². The molecular weight excluding hydrogens is 288 g/mol. The monoisotopic (exact) mass is 320 g/mol. The third-order valence-corrected chi connectivity index (χ3v) is 4.63. The molecule has 1 N–H and O–H groups in total. The van der Waals surface area contributed by atoms with Gasteiger partial charge in [-0.05, 0) is 43.4 Å². The first-order valence-electron chi connectivity index (χ1n) is 8.74. The average Bonchev–Trinajstić information content (AvgIpc) is 2.56. The van der Waals surface area contributed by atoms with E-state index >= 15 is 0 Å². The fraction of sp³-hybridized carbons (Fsp3) is 0.684. The molecule has 0 saturated carbocycles. The molecule has 4 heteroatoms. The number of benzene rings is 1. The highest BCUT2D eigenvalue weighted by molar-refractivity contribution is 5.50. The molecule has 1 aliphatic heterocycles. The maximum atomic E-state index is 5.72. The van der Waals surface area contributed by atoms with E-state index in [0.29, 0.717) is 12.0 Å². The molecule has 0 bridgehead atoms. The van der Waals surface area contributed by atoms with Gasteiger partial charge in [0.2, 0.25) is 0 Å². The predicted molar refractivity (Wildman–Crippen MR) is 95.5 cm³/mol. The minimum Gasteiger partial charge on any atom is -0.496 e. The van der Waals surface area contributed by atoms with Gasteiger partial charge in [-0.25, -0.2) is 0 Å². The quantitative estimate of drug-likeness (QED) is 0.835. The van der Waals surface area contributed by atoms with Crippen LogP contribution in [-0.2, 0) is 0 Å².